The highest BCUT2D eigenvalue weighted by Crippen LogP contribution is 2.23. The third-order valence-corrected chi connectivity index (χ3v) is 5.03. The van der Waals surface area contributed by atoms with Crippen LogP contribution in [-0.4, -0.2) is 35.2 Å². The zero-order valence-corrected chi connectivity index (χ0v) is 18.2. The number of carbonyl (C=O) groups is 2. The number of halogens is 1. The average Bonchev–Trinajstić information content (AvgIpc) is 3.28. The summed E-state index contributed by atoms with van der Waals surface area (Å²) in [5.41, 5.74) is 2.19. The maximum Gasteiger partial charge on any atom is 0.306 e. The molecule has 0 unspecified atom stereocenters. The van der Waals surface area contributed by atoms with Crippen LogP contribution in [0.25, 0.3) is 11.4 Å². The SMILES string of the molecule is Cc1cc(N(CCC#N)C(=O)COC(=O)CCc2nc(-c3ccccc3)no2)ccc1Cl. The molecule has 2 aromatic carbocycles. The molecule has 0 atom stereocenters. The highest BCUT2D eigenvalue weighted by molar-refractivity contribution is 6.31. The lowest BCUT2D eigenvalue weighted by atomic mass is 10.2. The molecule has 3 rings (SSSR count). The molecule has 0 radical (unpaired) electrons. The number of hydrogen-bond donors (Lipinski definition) is 0. The molecular weight excluding hydrogens is 432 g/mol. The van der Waals surface area contributed by atoms with Crippen LogP contribution in [0.2, 0.25) is 5.02 Å². The van der Waals surface area contributed by atoms with E-state index in [1.807, 2.05) is 43.3 Å². The summed E-state index contributed by atoms with van der Waals surface area (Å²) in [7, 11) is 0. The number of nitrogens with zero attached hydrogens (tertiary/aromatic N) is 4. The van der Waals surface area contributed by atoms with E-state index in [9.17, 15) is 9.59 Å². The van der Waals surface area contributed by atoms with Crippen molar-refractivity contribution in [3.8, 4) is 17.5 Å². The predicted molar refractivity (Wildman–Crippen MR) is 118 cm³/mol. The summed E-state index contributed by atoms with van der Waals surface area (Å²) in [5, 5.41) is 13.4. The van der Waals surface area contributed by atoms with E-state index in [-0.39, 0.29) is 25.8 Å². The number of aromatic nitrogens is 2. The van der Waals surface area contributed by atoms with Gasteiger partial charge < -0.3 is 14.2 Å². The number of hydrogen-bond acceptors (Lipinski definition) is 7. The van der Waals surface area contributed by atoms with Gasteiger partial charge in [-0.3, -0.25) is 9.59 Å². The standard InChI is InChI=1S/C23H21ClN4O4/c1-16-14-18(8-9-19(16)24)28(13-5-12-25)21(29)15-31-22(30)11-10-20-26-23(27-32-20)17-6-3-2-4-7-17/h2-4,6-9,14H,5,10-11,13,15H2,1H3. The van der Waals surface area contributed by atoms with Crippen molar-refractivity contribution >= 4 is 29.2 Å². The van der Waals surface area contributed by atoms with Gasteiger partial charge in [-0.15, -0.1) is 0 Å². The van der Waals surface area contributed by atoms with Crippen LogP contribution in [0.15, 0.2) is 53.1 Å². The van der Waals surface area contributed by atoms with E-state index in [2.05, 4.69) is 10.1 Å². The van der Waals surface area contributed by atoms with Crippen LogP contribution in [0.4, 0.5) is 5.69 Å². The van der Waals surface area contributed by atoms with Crippen molar-refractivity contribution in [2.75, 3.05) is 18.1 Å². The fraction of sp³-hybridized carbons (Fsp3) is 0.261. The first-order valence-electron chi connectivity index (χ1n) is 9.95. The number of carbonyl (C=O) groups excluding carboxylic acids is 2. The molecule has 0 saturated heterocycles. The first kappa shape index (κ1) is 23.0. The summed E-state index contributed by atoms with van der Waals surface area (Å²) in [5.74, 6) is -0.250. The van der Waals surface area contributed by atoms with Crippen LogP contribution in [0.5, 0.6) is 0 Å². The second-order valence-corrected chi connectivity index (χ2v) is 7.33. The van der Waals surface area contributed by atoms with Crippen molar-refractivity contribution in [2.24, 2.45) is 0 Å². The van der Waals surface area contributed by atoms with Crippen LogP contribution < -0.4 is 4.90 Å². The summed E-state index contributed by atoms with van der Waals surface area (Å²) in [4.78, 5) is 30.4. The highest BCUT2D eigenvalue weighted by Gasteiger charge is 2.19. The van der Waals surface area contributed by atoms with Crippen molar-refractivity contribution in [3.05, 3.63) is 65.0 Å². The van der Waals surface area contributed by atoms with E-state index < -0.39 is 18.5 Å². The van der Waals surface area contributed by atoms with Crippen molar-refractivity contribution in [2.45, 2.75) is 26.2 Å². The molecule has 0 aliphatic rings. The summed E-state index contributed by atoms with van der Waals surface area (Å²) >= 11 is 6.05. The van der Waals surface area contributed by atoms with Crippen LogP contribution in [-0.2, 0) is 20.7 Å². The van der Waals surface area contributed by atoms with E-state index in [1.165, 1.54) is 4.90 Å². The molecule has 9 heteroatoms. The minimum atomic E-state index is -0.565. The van der Waals surface area contributed by atoms with Gasteiger partial charge >= 0.3 is 5.97 Å². The van der Waals surface area contributed by atoms with E-state index in [0.29, 0.717) is 22.4 Å². The maximum atomic E-state index is 12.7. The Morgan fingerprint density at radius 3 is 2.72 bits per heavy atom. The fourth-order valence-corrected chi connectivity index (χ4v) is 3.04. The Hall–Kier alpha value is -3.70. The number of benzene rings is 2. The molecule has 0 aliphatic heterocycles. The molecule has 0 fully saturated rings. The Kier molecular flexibility index (Phi) is 7.95. The average molecular weight is 453 g/mol. The lowest BCUT2D eigenvalue weighted by molar-refractivity contribution is -0.147. The fourth-order valence-electron chi connectivity index (χ4n) is 2.92. The lowest BCUT2D eigenvalue weighted by Crippen LogP contribution is -2.35. The van der Waals surface area contributed by atoms with Crippen molar-refractivity contribution in [1.29, 1.82) is 5.26 Å². The molecule has 8 nitrogen and oxygen atoms in total. The number of nitriles is 1. The first-order chi connectivity index (χ1) is 15.5. The first-order valence-corrected chi connectivity index (χ1v) is 10.3. The Balaban J connectivity index is 1.53. The second kappa shape index (κ2) is 11.1. The van der Waals surface area contributed by atoms with Gasteiger partial charge in [0.15, 0.2) is 6.61 Å². The second-order valence-electron chi connectivity index (χ2n) is 6.93. The minimum Gasteiger partial charge on any atom is -0.456 e. The quantitative estimate of drug-likeness (QED) is 0.449. The van der Waals surface area contributed by atoms with Crippen LogP contribution in [0, 0.1) is 18.3 Å². The topological polar surface area (TPSA) is 109 Å². The molecule has 0 bridgehead atoms. The van der Waals surface area contributed by atoms with Gasteiger partial charge in [0, 0.05) is 29.2 Å². The third-order valence-electron chi connectivity index (χ3n) is 4.60. The minimum absolute atomic E-state index is 0.0120. The van der Waals surface area contributed by atoms with Gasteiger partial charge in [-0.05, 0) is 30.7 Å². The number of aryl methyl sites for hydroxylation is 2. The lowest BCUT2D eigenvalue weighted by Gasteiger charge is -2.22. The van der Waals surface area contributed by atoms with Crippen molar-refractivity contribution in [3.63, 3.8) is 0 Å². The molecule has 0 N–H and O–H groups in total. The number of esters is 1. The zero-order chi connectivity index (χ0) is 22.9. The smallest absolute Gasteiger partial charge is 0.306 e. The monoisotopic (exact) mass is 452 g/mol. The molecule has 0 spiro atoms. The molecule has 0 aliphatic carbocycles. The number of ether oxygens (including phenoxy) is 1. The van der Waals surface area contributed by atoms with Crippen molar-refractivity contribution in [1.82, 2.24) is 10.1 Å². The molecule has 1 amide bonds. The largest absolute Gasteiger partial charge is 0.456 e. The summed E-state index contributed by atoms with van der Waals surface area (Å²) in [6, 6.07) is 16.5. The molecule has 3 aromatic rings. The van der Waals surface area contributed by atoms with Gasteiger partial charge in [-0.25, -0.2) is 0 Å². The van der Waals surface area contributed by atoms with Gasteiger partial charge in [0.1, 0.15) is 0 Å². The summed E-state index contributed by atoms with van der Waals surface area (Å²) in [6.45, 7) is 1.56. The van der Waals surface area contributed by atoms with Gasteiger partial charge in [-0.2, -0.15) is 10.2 Å². The summed E-state index contributed by atoms with van der Waals surface area (Å²) in [6.07, 6.45) is 0.325. The van der Waals surface area contributed by atoms with Gasteiger partial charge in [0.25, 0.3) is 5.91 Å². The van der Waals surface area contributed by atoms with Gasteiger partial charge in [0.05, 0.1) is 18.9 Å². The molecular formula is C23H21ClN4O4. The van der Waals surface area contributed by atoms with E-state index >= 15 is 0 Å². The van der Waals surface area contributed by atoms with Crippen LogP contribution in [0.3, 0.4) is 0 Å². The van der Waals surface area contributed by atoms with Gasteiger partial charge in [-0.1, -0.05) is 47.1 Å². The molecule has 164 valence electrons. The van der Waals surface area contributed by atoms with E-state index in [0.717, 1.165) is 11.1 Å². The molecule has 0 saturated carbocycles. The molecule has 32 heavy (non-hydrogen) atoms. The third kappa shape index (κ3) is 6.15. The number of amides is 1. The van der Waals surface area contributed by atoms with Crippen molar-refractivity contribution < 1.29 is 18.8 Å². The predicted octanol–water partition coefficient (Wildman–Crippen LogP) is 4.12. The van der Waals surface area contributed by atoms with Crippen LogP contribution in [0.1, 0.15) is 24.3 Å². The normalized spacial score (nSPS) is 10.4. The Morgan fingerprint density at radius 2 is 2.00 bits per heavy atom. The van der Waals surface area contributed by atoms with E-state index in [4.69, 9.17) is 26.1 Å². The maximum absolute atomic E-state index is 12.7. The number of rotatable bonds is 9. The Morgan fingerprint density at radius 1 is 1.22 bits per heavy atom. The zero-order valence-electron chi connectivity index (χ0n) is 17.5. The summed E-state index contributed by atoms with van der Waals surface area (Å²) < 4.78 is 10.3. The molecule has 1 heterocycles. The molecule has 1 aromatic heterocycles. The van der Waals surface area contributed by atoms with E-state index in [1.54, 1.807) is 18.2 Å². The highest BCUT2D eigenvalue weighted by atomic mass is 35.5. The number of anilines is 1. The van der Waals surface area contributed by atoms with Gasteiger partial charge in [0.2, 0.25) is 11.7 Å². The Labute approximate surface area is 190 Å². The van der Waals surface area contributed by atoms with Crippen LogP contribution >= 0.6 is 11.6 Å². The Bertz CT molecular complexity index is 1120.